The minimum atomic E-state index is -3.16. The number of rotatable bonds is 4. The van der Waals surface area contributed by atoms with Gasteiger partial charge in [-0.15, -0.1) is 0 Å². The monoisotopic (exact) mass is 271 g/mol. The molecule has 0 aliphatic carbocycles. The molecule has 7 heteroatoms. The summed E-state index contributed by atoms with van der Waals surface area (Å²) in [4.78, 5) is 16.9. The summed E-state index contributed by atoms with van der Waals surface area (Å²) in [6.45, 7) is -0.171. The molecule has 18 heavy (non-hydrogen) atoms. The molecule has 0 radical (unpaired) electrons. The van der Waals surface area contributed by atoms with Crippen LogP contribution in [0.1, 0.15) is 22.1 Å². The van der Waals surface area contributed by atoms with Gasteiger partial charge in [0.2, 0.25) is 0 Å². The van der Waals surface area contributed by atoms with Crippen molar-refractivity contribution in [3.63, 3.8) is 0 Å². The first-order valence-electron chi connectivity index (χ1n) is 5.31. The summed E-state index contributed by atoms with van der Waals surface area (Å²) < 4.78 is 21.9. The van der Waals surface area contributed by atoms with Crippen LogP contribution in [-0.4, -0.2) is 43.1 Å². The molecule has 1 atom stereocenters. The molecule has 1 heterocycles. The van der Waals surface area contributed by atoms with E-state index in [1.807, 2.05) is 0 Å². The first-order valence-corrected chi connectivity index (χ1v) is 7.37. The van der Waals surface area contributed by atoms with Crippen molar-refractivity contribution in [2.24, 2.45) is 0 Å². The van der Waals surface area contributed by atoms with Gasteiger partial charge in [0.25, 0.3) is 5.91 Å². The Morgan fingerprint density at radius 2 is 2.06 bits per heavy atom. The van der Waals surface area contributed by atoms with Gasteiger partial charge in [0.1, 0.15) is 9.84 Å². The van der Waals surface area contributed by atoms with Gasteiger partial charge in [0.05, 0.1) is 12.4 Å². The topological polar surface area (TPSA) is 83.9 Å². The highest BCUT2D eigenvalue weighted by Crippen LogP contribution is 2.31. The molecular formula is C11H13NO5S. The fourth-order valence-electron chi connectivity index (χ4n) is 1.69. The van der Waals surface area contributed by atoms with Gasteiger partial charge in [0.15, 0.2) is 6.23 Å². The van der Waals surface area contributed by atoms with Crippen LogP contribution in [0.2, 0.25) is 0 Å². The molecule has 98 valence electrons. The lowest BCUT2D eigenvalue weighted by atomic mass is 10.1. The first-order chi connectivity index (χ1) is 8.40. The number of hydrogen-bond acceptors (Lipinski definition) is 5. The second-order valence-electron chi connectivity index (χ2n) is 4.05. The number of hydroxylamine groups is 2. The summed E-state index contributed by atoms with van der Waals surface area (Å²) >= 11 is 0. The lowest BCUT2D eigenvalue weighted by molar-refractivity contribution is -0.194. The summed E-state index contributed by atoms with van der Waals surface area (Å²) in [5.41, 5.74) is 0.825. The molecule has 0 aromatic heterocycles. The lowest BCUT2D eigenvalue weighted by Gasteiger charge is -2.19. The van der Waals surface area contributed by atoms with Crippen molar-refractivity contribution in [1.82, 2.24) is 5.06 Å². The third-order valence-corrected chi connectivity index (χ3v) is 3.48. The second-order valence-corrected chi connectivity index (χ2v) is 6.31. The Hall–Kier alpha value is -1.44. The van der Waals surface area contributed by atoms with Crippen molar-refractivity contribution < 1.29 is 23.2 Å². The Morgan fingerprint density at radius 1 is 1.39 bits per heavy atom. The van der Waals surface area contributed by atoms with E-state index in [2.05, 4.69) is 0 Å². The number of carbonyl (C=O) groups is 1. The molecule has 1 unspecified atom stereocenters. The number of aliphatic hydroxyl groups excluding tert-OH is 1. The third kappa shape index (κ3) is 2.53. The van der Waals surface area contributed by atoms with Gasteiger partial charge in [-0.05, 0) is 6.07 Å². The van der Waals surface area contributed by atoms with Crippen LogP contribution in [0.3, 0.4) is 0 Å². The molecule has 0 bridgehead atoms. The first kappa shape index (κ1) is 13.0. The Morgan fingerprint density at radius 3 is 2.67 bits per heavy atom. The van der Waals surface area contributed by atoms with Crippen LogP contribution >= 0.6 is 0 Å². The van der Waals surface area contributed by atoms with E-state index in [1.165, 1.54) is 0 Å². The molecule has 0 saturated carbocycles. The maximum absolute atomic E-state index is 11.9. The highest BCUT2D eigenvalue weighted by Gasteiger charge is 2.36. The fourth-order valence-corrected chi connectivity index (χ4v) is 2.07. The zero-order chi connectivity index (χ0) is 13.3. The summed E-state index contributed by atoms with van der Waals surface area (Å²) in [5.74, 6) is -0.675. The molecule has 0 saturated heterocycles. The minimum absolute atomic E-state index is 0.171. The van der Waals surface area contributed by atoms with E-state index in [1.54, 1.807) is 24.3 Å². The van der Waals surface area contributed by atoms with Crippen LogP contribution in [0.25, 0.3) is 0 Å². The molecule has 6 nitrogen and oxygen atoms in total. The molecular weight excluding hydrogens is 258 g/mol. The number of benzene rings is 1. The average Bonchev–Trinajstić information content (AvgIpc) is 2.53. The minimum Gasteiger partial charge on any atom is -0.367 e. The highest BCUT2D eigenvalue weighted by molar-refractivity contribution is 7.90. The number of fused-ring (bicyclic) bond motifs is 1. The van der Waals surface area contributed by atoms with E-state index in [0.717, 1.165) is 11.3 Å². The SMILES string of the molecule is CS(=O)(=O)CCON1C(=O)c2ccccc2C1O. The molecule has 1 aliphatic heterocycles. The molecule has 1 aromatic carbocycles. The molecule has 2 rings (SSSR count). The zero-order valence-electron chi connectivity index (χ0n) is 9.74. The van der Waals surface area contributed by atoms with Crippen LogP contribution in [0, 0.1) is 0 Å². The van der Waals surface area contributed by atoms with Gasteiger partial charge in [-0.3, -0.25) is 9.63 Å². The number of carbonyl (C=O) groups excluding carboxylic acids is 1. The number of nitrogens with zero attached hydrogens (tertiary/aromatic N) is 1. The summed E-state index contributed by atoms with van der Waals surface area (Å²) in [5, 5.41) is 10.7. The number of hydrogen-bond donors (Lipinski definition) is 1. The van der Waals surface area contributed by atoms with E-state index in [0.29, 0.717) is 11.1 Å². The zero-order valence-corrected chi connectivity index (χ0v) is 10.6. The van der Waals surface area contributed by atoms with Crippen molar-refractivity contribution in [2.75, 3.05) is 18.6 Å². The summed E-state index contributed by atoms with van der Waals surface area (Å²) in [6, 6.07) is 6.59. The van der Waals surface area contributed by atoms with Crippen LogP contribution in [0.5, 0.6) is 0 Å². The van der Waals surface area contributed by atoms with E-state index < -0.39 is 22.0 Å². The van der Waals surface area contributed by atoms with Gasteiger partial charge < -0.3 is 5.11 Å². The molecule has 1 N–H and O–H groups in total. The highest BCUT2D eigenvalue weighted by atomic mass is 32.2. The van der Waals surface area contributed by atoms with Crippen molar-refractivity contribution in [3.05, 3.63) is 35.4 Å². The van der Waals surface area contributed by atoms with Gasteiger partial charge in [-0.25, -0.2) is 8.42 Å². The third-order valence-electron chi connectivity index (χ3n) is 2.58. The average molecular weight is 271 g/mol. The van der Waals surface area contributed by atoms with Crippen LogP contribution < -0.4 is 0 Å². The molecule has 1 amide bonds. The van der Waals surface area contributed by atoms with Gasteiger partial charge >= 0.3 is 0 Å². The Bertz CT molecular complexity index is 569. The largest absolute Gasteiger partial charge is 0.367 e. The Kier molecular flexibility index (Phi) is 3.38. The normalized spacial score (nSPS) is 19.1. The number of aliphatic hydroxyl groups is 1. The lowest BCUT2D eigenvalue weighted by Crippen LogP contribution is -2.30. The van der Waals surface area contributed by atoms with Gasteiger partial charge in [-0.1, -0.05) is 18.2 Å². The molecule has 0 fully saturated rings. The van der Waals surface area contributed by atoms with E-state index in [9.17, 15) is 18.3 Å². The van der Waals surface area contributed by atoms with Crippen molar-refractivity contribution in [2.45, 2.75) is 6.23 Å². The summed E-state index contributed by atoms with van der Waals surface area (Å²) in [7, 11) is -3.16. The van der Waals surface area contributed by atoms with Crippen molar-refractivity contribution in [1.29, 1.82) is 0 Å². The van der Waals surface area contributed by atoms with Gasteiger partial charge in [0, 0.05) is 17.4 Å². The standard InChI is InChI=1S/C11H13NO5S/c1-18(15,16)7-6-17-12-10(13)8-4-2-3-5-9(8)11(12)14/h2-5,10,13H,6-7H2,1H3. The van der Waals surface area contributed by atoms with E-state index in [-0.39, 0.29) is 12.4 Å². The molecule has 1 aliphatic rings. The molecule has 0 spiro atoms. The van der Waals surface area contributed by atoms with Crippen molar-refractivity contribution >= 4 is 15.7 Å². The second kappa shape index (κ2) is 4.68. The van der Waals surface area contributed by atoms with Crippen LogP contribution in [0.15, 0.2) is 24.3 Å². The van der Waals surface area contributed by atoms with Gasteiger partial charge in [-0.2, -0.15) is 5.06 Å². The van der Waals surface area contributed by atoms with E-state index in [4.69, 9.17) is 4.84 Å². The predicted octanol–water partition coefficient (Wildman–Crippen LogP) is 0.109. The number of amides is 1. The molecule has 1 aromatic rings. The Balaban J connectivity index is 2.07. The fraction of sp³-hybridized carbons (Fsp3) is 0.364. The maximum atomic E-state index is 11.9. The van der Waals surface area contributed by atoms with Crippen LogP contribution in [0.4, 0.5) is 0 Å². The smallest absolute Gasteiger partial charge is 0.280 e. The maximum Gasteiger partial charge on any atom is 0.280 e. The summed E-state index contributed by atoms with van der Waals surface area (Å²) in [6.07, 6.45) is -0.110. The van der Waals surface area contributed by atoms with E-state index >= 15 is 0 Å². The predicted molar refractivity (Wildman–Crippen MR) is 63.2 cm³/mol. The number of sulfone groups is 1. The van der Waals surface area contributed by atoms with Crippen molar-refractivity contribution in [3.8, 4) is 0 Å². The quantitative estimate of drug-likeness (QED) is 0.840. The Labute approximate surface area is 105 Å². The van der Waals surface area contributed by atoms with Crippen LogP contribution in [-0.2, 0) is 14.7 Å².